The molecule has 7 nitrogen and oxygen atoms in total. The van der Waals surface area contributed by atoms with Gasteiger partial charge in [0.05, 0.1) is 17.7 Å². The third-order valence-corrected chi connectivity index (χ3v) is 7.18. The molecule has 0 amide bonds. The molecule has 1 saturated carbocycles. The molecule has 31 heavy (non-hydrogen) atoms. The van der Waals surface area contributed by atoms with Crippen molar-refractivity contribution in [3.05, 3.63) is 47.7 Å². The molecule has 1 aliphatic heterocycles. The fourth-order valence-electron chi connectivity index (χ4n) is 5.15. The van der Waals surface area contributed by atoms with Crippen molar-refractivity contribution in [2.45, 2.75) is 56.9 Å². The first-order chi connectivity index (χ1) is 15.1. The molecule has 3 aromatic rings. The Morgan fingerprint density at radius 2 is 2.06 bits per heavy atom. The zero-order chi connectivity index (χ0) is 21.5. The van der Waals surface area contributed by atoms with Gasteiger partial charge in [0.25, 0.3) is 0 Å². The van der Waals surface area contributed by atoms with Gasteiger partial charge in [0.15, 0.2) is 5.65 Å². The standard InChI is InChI=1S/C23H26N6OS/c1-13-6-3-4-9-16(13)29-17(10-30)18-14(2)7-5-8-15(18)28-23(29)21(31)19-20-22(26-11-24-19)27-12-25-20/h5,7-8,10-13,16-17,21,31H,3-4,6,9H2,1-2H3,(H,24,25,26,27). The number of nitrogens with one attached hydrogen (secondary N) is 1. The Labute approximate surface area is 186 Å². The maximum absolute atomic E-state index is 12.5. The van der Waals surface area contributed by atoms with E-state index in [-0.39, 0.29) is 12.1 Å². The Kier molecular flexibility index (Phi) is 5.25. The Morgan fingerprint density at radius 1 is 1.23 bits per heavy atom. The number of nitrogens with zero attached hydrogens (tertiary/aromatic N) is 5. The molecule has 2 aromatic heterocycles. The number of H-pyrrole nitrogens is 1. The van der Waals surface area contributed by atoms with Crippen LogP contribution in [0.2, 0.25) is 0 Å². The van der Waals surface area contributed by atoms with Crippen LogP contribution in [0.5, 0.6) is 0 Å². The molecule has 1 N–H and O–H groups in total. The molecule has 160 valence electrons. The summed E-state index contributed by atoms with van der Waals surface area (Å²) < 4.78 is 0. The first-order valence-corrected chi connectivity index (χ1v) is 11.4. The van der Waals surface area contributed by atoms with Crippen molar-refractivity contribution in [1.82, 2.24) is 24.8 Å². The molecule has 4 atom stereocenters. The lowest BCUT2D eigenvalue weighted by Crippen LogP contribution is -2.50. The molecule has 0 spiro atoms. The minimum absolute atomic E-state index is 0.226. The summed E-state index contributed by atoms with van der Waals surface area (Å²) in [5.74, 6) is 1.23. The molecule has 8 heteroatoms. The molecule has 0 saturated heterocycles. The lowest BCUT2D eigenvalue weighted by atomic mass is 9.82. The van der Waals surface area contributed by atoms with Crippen molar-refractivity contribution in [3.8, 4) is 0 Å². The lowest BCUT2D eigenvalue weighted by molar-refractivity contribution is -0.112. The molecule has 1 aromatic carbocycles. The number of amidine groups is 1. The van der Waals surface area contributed by atoms with E-state index in [0.29, 0.717) is 11.6 Å². The summed E-state index contributed by atoms with van der Waals surface area (Å²) in [6.45, 7) is 4.33. The van der Waals surface area contributed by atoms with Crippen molar-refractivity contribution in [2.24, 2.45) is 10.9 Å². The van der Waals surface area contributed by atoms with Crippen LogP contribution in [-0.2, 0) is 4.79 Å². The average Bonchev–Trinajstić information content (AvgIpc) is 3.27. The summed E-state index contributed by atoms with van der Waals surface area (Å²) in [7, 11) is 0. The van der Waals surface area contributed by atoms with Gasteiger partial charge in [-0.05, 0) is 37.3 Å². The van der Waals surface area contributed by atoms with Crippen LogP contribution in [0.3, 0.4) is 0 Å². The largest absolute Gasteiger partial charge is 0.342 e. The lowest BCUT2D eigenvalue weighted by Gasteiger charge is -2.46. The van der Waals surface area contributed by atoms with Gasteiger partial charge in [-0.25, -0.2) is 19.9 Å². The number of aldehydes is 1. The van der Waals surface area contributed by atoms with Crippen LogP contribution in [-0.4, -0.2) is 43.0 Å². The molecular weight excluding hydrogens is 408 g/mol. The second-order valence-electron chi connectivity index (χ2n) is 8.56. The first-order valence-electron chi connectivity index (χ1n) is 10.8. The number of imidazole rings is 1. The Bertz CT molecular complexity index is 1160. The van der Waals surface area contributed by atoms with E-state index in [9.17, 15) is 4.79 Å². The molecule has 0 bridgehead atoms. The van der Waals surface area contributed by atoms with Gasteiger partial charge in [0.2, 0.25) is 0 Å². The molecule has 5 rings (SSSR count). The van der Waals surface area contributed by atoms with Gasteiger partial charge in [-0.15, -0.1) is 0 Å². The monoisotopic (exact) mass is 434 g/mol. The number of aliphatic imine (C=N–C) groups is 1. The summed E-state index contributed by atoms with van der Waals surface area (Å²) in [6.07, 6.45) is 8.75. The smallest absolute Gasteiger partial charge is 0.180 e. The van der Waals surface area contributed by atoms with Crippen molar-refractivity contribution in [2.75, 3.05) is 0 Å². The third-order valence-electron chi connectivity index (χ3n) is 6.70. The molecule has 1 aliphatic carbocycles. The average molecular weight is 435 g/mol. The summed E-state index contributed by atoms with van der Waals surface area (Å²) in [4.78, 5) is 36.0. The number of thiol groups is 1. The number of fused-ring (bicyclic) bond motifs is 2. The number of carbonyl (C=O) groups is 1. The second kappa shape index (κ2) is 8.07. The highest BCUT2D eigenvalue weighted by molar-refractivity contribution is 7.81. The molecular formula is C23H26N6OS. The highest BCUT2D eigenvalue weighted by Gasteiger charge is 2.41. The fraction of sp³-hybridized carbons (Fsp3) is 0.435. The van der Waals surface area contributed by atoms with Gasteiger partial charge >= 0.3 is 0 Å². The van der Waals surface area contributed by atoms with E-state index in [1.54, 1.807) is 6.33 Å². The van der Waals surface area contributed by atoms with Crippen molar-refractivity contribution < 1.29 is 4.79 Å². The second-order valence-corrected chi connectivity index (χ2v) is 9.07. The van der Waals surface area contributed by atoms with Crippen LogP contribution in [0.15, 0.2) is 35.8 Å². The number of benzene rings is 1. The summed E-state index contributed by atoms with van der Waals surface area (Å²) >= 11 is 4.99. The molecule has 2 aliphatic rings. The number of hydrogen-bond acceptors (Lipinski definition) is 7. The maximum Gasteiger partial charge on any atom is 0.180 e. The summed E-state index contributed by atoms with van der Waals surface area (Å²) in [6, 6.07) is 5.86. The minimum atomic E-state index is -0.420. The van der Waals surface area contributed by atoms with Crippen LogP contribution < -0.4 is 0 Å². The number of aryl methyl sites for hydroxylation is 1. The van der Waals surface area contributed by atoms with Gasteiger partial charge in [-0.1, -0.05) is 31.9 Å². The SMILES string of the molecule is Cc1cccc2c1C(C=O)N(C1CCCCC1C)C(C(S)c1ncnc3nc[nH]c13)=N2. The van der Waals surface area contributed by atoms with Gasteiger partial charge in [0, 0.05) is 11.6 Å². The van der Waals surface area contributed by atoms with Crippen LogP contribution in [0.25, 0.3) is 11.2 Å². The van der Waals surface area contributed by atoms with Crippen molar-refractivity contribution in [3.63, 3.8) is 0 Å². The van der Waals surface area contributed by atoms with E-state index in [0.717, 1.165) is 59.4 Å². The van der Waals surface area contributed by atoms with Crippen LogP contribution in [0.1, 0.15) is 60.7 Å². The van der Waals surface area contributed by atoms with Crippen LogP contribution in [0.4, 0.5) is 5.69 Å². The van der Waals surface area contributed by atoms with E-state index >= 15 is 0 Å². The number of rotatable bonds is 4. The number of aromatic amines is 1. The zero-order valence-electron chi connectivity index (χ0n) is 17.7. The maximum atomic E-state index is 12.5. The fourth-order valence-corrected chi connectivity index (χ4v) is 5.53. The zero-order valence-corrected chi connectivity index (χ0v) is 18.6. The van der Waals surface area contributed by atoms with Crippen molar-refractivity contribution in [1.29, 1.82) is 0 Å². The number of hydrogen-bond donors (Lipinski definition) is 2. The molecule has 1 fully saturated rings. The number of aromatic nitrogens is 4. The topological polar surface area (TPSA) is 87.1 Å². The van der Waals surface area contributed by atoms with E-state index in [1.807, 2.05) is 12.1 Å². The van der Waals surface area contributed by atoms with E-state index in [1.165, 1.54) is 12.7 Å². The molecule has 3 heterocycles. The minimum Gasteiger partial charge on any atom is -0.342 e. The van der Waals surface area contributed by atoms with Gasteiger partial charge in [-0.3, -0.25) is 0 Å². The number of carbonyl (C=O) groups excluding carboxylic acids is 1. The normalized spacial score (nSPS) is 24.5. The highest BCUT2D eigenvalue weighted by atomic mass is 32.1. The summed E-state index contributed by atoms with van der Waals surface area (Å²) in [5.41, 5.74) is 4.98. The Morgan fingerprint density at radius 3 is 2.87 bits per heavy atom. The molecule has 0 radical (unpaired) electrons. The Hall–Kier alpha value is -2.74. The summed E-state index contributed by atoms with van der Waals surface area (Å²) in [5, 5.41) is -0.420. The van der Waals surface area contributed by atoms with Crippen LogP contribution in [0, 0.1) is 12.8 Å². The van der Waals surface area contributed by atoms with E-state index < -0.39 is 5.25 Å². The highest BCUT2D eigenvalue weighted by Crippen LogP contribution is 2.44. The van der Waals surface area contributed by atoms with Crippen LogP contribution >= 0.6 is 12.6 Å². The van der Waals surface area contributed by atoms with E-state index in [4.69, 9.17) is 17.6 Å². The molecule has 4 unspecified atom stereocenters. The van der Waals surface area contributed by atoms with Crippen molar-refractivity contribution >= 4 is 41.6 Å². The first kappa shape index (κ1) is 20.2. The predicted molar refractivity (Wildman–Crippen MR) is 124 cm³/mol. The predicted octanol–water partition coefficient (Wildman–Crippen LogP) is 4.50. The van der Waals surface area contributed by atoms with Gasteiger partial charge < -0.3 is 14.7 Å². The quantitative estimate of drug-likeness (QED) is 0.466. The van der Waals surface area contributed by atoms with Gasteiger partial charge in [-0.2, -0.15) is 12.6 Å². The third kappa shape index (κ3) is 3.33. The Balaban J connectivity index is 1.69. The van der Waals surface area contributed by atoms with Gasteiger partial charge in [0.1, 0.15) is 35.3 Å². The van der Waals surface area contributed by atoms with E-state index in [2.05, 4.69) is 44.7 Å².